The van der Waals surface area contributed by atoms with E-state index in [0.29, 0.717) is 16.5 Å². The number of hydrogen-bond acceptors (Lipinski definition) is 4. The van der Waals surface area contributed by atoms with Crippen LogP contribution in [0.1, 0.15) is 37.1 Å². The second-order valence-electron chi connectivity index (χ2n) is 8.16. The number of benzene rings is 1. The van der Waals surface area contributed by atoms with Gasteiger partial charge >= 0.3 is 6.18 Å². The highest BCUT2D eigenvalue weighted by molar-refractivity contribution is 6.34. The molecule has 0 bridgehead atoms. The summed E-state index contributed by atoms with van der Waals surface area (Å²) in [6.07, 6.45) is -6.41. The maximum atomic E-state index is 14.0. The van der Waals surface area contributed by atoms with Crippen molar-refractivity contribution in [1.82, 2.24) is 15.0 Å². The minimum atomic E-state index is -4.95. The maximum absolute atomic E-state index is 14.0. The lowest BCUT2D eigenvalue weighted by Gasteiger charge is -2.38. The lowest BCUT2D eigenvalue weighted by atomic mass is 9.72. The largest absolute Gasteiger partial charge is 0.417 e. The molecule has 0 aliphatic rings. The van der Waals surface area contributed by atoms with Gasteiger partial charge in [0.25, 0.3) is 0 Å². The van der Waals surface area contributed by atoms with E-state index in [2.05, 4.69) is 15.0 Å². The summed E-state index contributed by atoms with van der Waals surface area (Å²) in [6.45, 7) is 4.77. The number of hydrogen-bond donors (Lipinski definition) is 3. The van der Waals surface area contributed by atoms with Gasteiger partial charge in [0.15, 0.2) is 5.60 Å². The molecule has 1 atom stereocenters. The Labute approximate surface area is 175 Å². The topological polar surface area (TPSA) is 87.8 Å². The highest BCUT2D eigenvalue weighted by Crippen LogP contribution is 2.44. The van der Waals surface area contributed by atoms with Gasteiger partial charge in [0, 0.05) is 12.1 Å². The Hall–Kier alpha value is -2.39. The normalized spacial score (nSPS) is 14.8. The summed E-state index contributed by atoms with van der Waals surface area (Å²) in [7, 11) is 0. The van der Waals surface area contributed by atoms with Crippen LogP contribution in [0.2, 0.25) is 5.15 Å². The molecular formula is C20H21ClF4N4O. The number of aryl methyl sites for hydroxylation is 1. The SMILES string of the molecule is Cc1ccc(F)cc1C(C)(C)CC(O)(Cc1cc2c(Cl)nc(N)nc2[nH]1)C(F)(F)F. The summed E-state index contributed by atoms with van der Waals surface area (Å²) in [4.78, 5) is 10.4. The van der Waals surface area contributed by atoms with Gasteiger partial charge in [-0.3, -0.25) is 0 Å². The molecule has 0 spiro atoms. The first-order chi connectivity index (χ1) is 13.7. The number of aliphatic hydroxyl groups is 1. The smallest absolute Gasteiger partial charge is 0.380 e. The zero-order valence-corrected chi connectivity index (χ0v) is 17.3. The van der Waals surface area contributed by atoms with Crippen LogP contribution in [0, 0.1) is 12.7 Å². The molecule has 2 heterocycles. The van der Waals surface area contributed by atoms with Gasteiger partial charge in [-0.25, -0.2) is 9.37 Å². The van der Waals surface area contributed by atoms with E-state index in [9.17, 15) is 22.7 Å². The molecule has 0 fully saturated rings. The van der Waals surface area contributed by atoms with Crippen molar-refractivity contribution in [3.05, 3.63) is 52.1 Å². The first-order valence-electron chi connectivity index (χ1n) is 9.08. The monoisotopic (exact) mass is 444 g/mol. The molecule has 0 aliphatic heterocycles. The number of nitrogens with two attached hydrogens (primary N) is 1. The number of aromatic amines is 1. The van der Waals surface area contributed by atoms with Crippen LogP contribution in [0.25, 0.3) is 11.0 Å². The van der Waals surface area contributed by atoms with E-state index in [0.717, 1.165) is 0 Å². The Morgan fingerprint density at radius 2 is 1.83 bits per heavy atom. The fourth-order valence-corrected chi connectivity index (χ4v) is 4.10. The molecule has 30 heavy (non-hydrogen) atoms. The summed E-state index contributed by atoms with van der Waals surface area (Å²) in [6, 6.07) is 5.30. The summed E-state index contributed by atoms with van der Waals surface area (Å²) in [5.74, 6) is -0.685. The molecule has 3 aromatic rings. The number of nitrogens with one attached hydrogen (secondary N) is 1. The van der Waals surface area contributed by atoms with Crippen LogP contribution < -0.4 is 5.73 Å². The van der Waals surface area contributed by atoms with Crippen LogP contribution in [0.15, 0.2) is 24.3 Å². The Bertz CT molecular complexity index is 1100. The minimum Gasteiger partial charge on any atom is -0.380 e. The second kappa shape index (κ2) is 7.39. The molecule has 1 aromatic carbocycles. The first kappa shape index (κ1) is 22.3. The van der Waals surface area contributed by atoms with Crippen molar-refractivity contribution in [2.75, 3.05) is 5.73 Å². The average Bonchev–Trinajstić information content (AvgIpc) is 2.97. The minimum absolute atomic E-state index is 0.00809. The van der Waals surface area contributed by atoms with Gasteiger partial charge in [0.05, 0.1) is 5.39 Å². The van der Waals surface area contributed by atoms with Crippen molar-refractivity contribution in [2.24, 2.45) is 0 Å². The fourth-order valence-electron chi connectivity index (χ4n) is 3.87. The Morgan fingerprint density at radius 3 is 2.47 bits per heavy atom. The summed E-state index contributed by atoms with van der Waals surface area (Å²) in [5.41, 5.74) is 2.51. The van der Waals surface area contributed by atoms with Crippen LogP contribution in [0.3, 0.4) is 0 Å². The molecule has 10 heteroatoms. The van der Waals surface area contributed by atoms with E-state index >= 15 is 0 Å². The molecule has 1 unspecified atom stereocenters. The summed E-state index contributed by atoms with van der Waals surface area (Å²) < 4.78 is 55.8. The quantitative estimate of drug-likeness (QED) is 0.388. The van der Waals surface area contributed by atoms with Gasteiger partial charge in [0.1, 0.15) is 16.6 Å². The molecule has 162 valence electrons. The van der Waals surface area contributed by atoms with Crippen LogP contribution in [-0.2, 0) is 11.8 Å². The summed E-state index contributed by atoms with van der Waals surface area (Å²) >= 11 is 5.98. The fraction of sp³-hybridized carbons (Fsp3) is 0.400. The molecule has 0 saturated carbocycles. The molecule has 3 rings (SSSR count). The van der Waals surface area contributed by atoms with Crippen LogP contribution in [0.5, 0.6) is 0 Å². The van der Waals surface area contributed by atoms with Crippen LogP contribution >= 0.6 is 11.6 Å². The van der Waals surface area contributed by atoms with Crippen LogP contribution in [0.4, 0.5) is 23.5 Å². The number of fused-ring (bicyclic) bond motifs is 1. The third kappa shape index (κ3) is 4.22. The number of anilines is 1. The number of halogens is 5. The Balaban J connectivity index is 2.01. The molecule has 0 saturated heterocycles. The maximum Gasteiger partial charge on any atom is 0.417 e. The number of nitrogens with zero attached hydrogens (tertiary/aromatic N) is 2. The number of rotatable bonds is 5. The van der Waals surface area contributed by atoms with Gasteiger partial charge < -0.3 is 15.8 Å². The van der Waals surface area contributed by atoms with E-state index in [1.165, 1.54) is 24.3 Å². The number of nitrogen functional groups attached to an aromatic ring is 1. The van der Waals surface area contributed by atoms with Crippen molar-refractivity contribution < 1.29 is 22.7 Å². The van der Waals surface area contributed by atoms with Gasteiger partial charge in [-0.2, -0.15) is 18.2 Å². The molecule has 5 nitrogen and oxygen atoms in total. The molecular weight excluding hydrogens is 424 g/mol. The third-order valence-electron chi connectivity index (χ3n) is 5.19. The first-order valence-corrected chi connectivity index (χ1v) is 9.46. The third-order valence-corrected chi connectivity index (χ3v) is 5.48. The Kier molecular flexibility index (Phi) is 5.49. The predicted molar refractivity (Wildman–Crippen MR) is 107 cm³/mol. The van der Waals surface area contributed by atoms with Crippen LogP contribution in [-0.4, -0.2) is 31.8 Å². The lowest BCUT2D eigenvalue weighted by molar-refractivity contribution is -0.266. The van der Waals surface area contributed by atoms with E-state index in [-0.39, 0.29) is 22.4 Å². The number of H-pyrrole nitrogens is 1. The zero-order chi connectivity index (χ0) is 22.5. The average molecular weight is 445 g/mol. The van der Waals surface area contributed by atoms with Crippen molar-refractivity contribution in [3.8, 4) is 0 Å². The predicted octanol–water partition coefficient (Wildman–Crippen LogP) is 4.84. The van der Waals surface area contributed by atoms with Crippen molar-refractivity contribution in [1.29, 1.82) is 0 Å². The van der Waals surface area contributed by atoms with Gasteiger partial charge in [0.2, 0.25) is 5.95 Å². The number of aromatic nitrogens is 3. The number of alkyl halides is 3. The zero-order valence-electron chi connectivity index (χ0n) is 16.5. The van der Waals surface area contributed by atoms with Crippen molar-refractivity contribution in [2.45, 2.75) is 50.8 Å². The molecule has 0 aliphatic carbocycles. The second-order valence-corrected chi connectivity index (χ2v) is 8.51. The van der Waals surface area contributed by atoms with Gasteiger partial charge in [-0.15, -0.1) is 0 Å². The lowest BCUT2D eigenvalue weighted by Crippen LogP contribution is -2.51. The molecule has 4 N–H and O–H groups in total. The highest BCUT2D eigenvalue weighted by Gasteiger charge is 2.56. The van der Waals surface area contributed by atoms with E-state index < -0.39 is 35.9 Å². The van der Waals surface area contributed by atoms with Gasteiger partial charge in [-0.1, -0.05) is 31.5 Å². The Morgan fingerprint density at radius 1 is 1.17 bits per heavy atom. The van der Waals surface area contributed by atoms with Crippen molar-refractivity contribution in [3.63, 3.8) is 0 Å². The molecule has 0 amide bonds. The molecule has 2 aromatic heterocycles. The van der Waals surface area contributed by atoms with E-state index in [1.54, 1.807) is 20.8 Å². The van der Waals surface area contributed by atoms with E-state index in [1.807, 2.05) is 0 Å². The standard InChI is InChI=1S/C20H21ClF4N4O/c1-10-4-5-11(22)6-14(10)18(2,3)9-19(30,20(23,24)25)8-12-7-13-15(21)28-17(26)29-16(13)27-12/h4-7,30H,8-9H2,1-3H3,(H3,26,27,28,29). The van der Waals surface area contributed by atoms with E-state index in [4.69, 9.17) is 17.3 Å². The summed E-state index contributed by atoms with van der Waals surface area (Å²) in [5, 5.41) is 11.1. The van der Waals surface area contributed by atoms with Crippen molar-refractivity contribution >= 4 is 28.6 Å². The van der Waals surface area contributed by atoms with Gasteiger partial charge in [-0.05, 0) is 48.1 Å². The molecule has 0 radical (unpaired) electrons. The highest BCUT2D eigenvalue weighted by atomic mass is 35.5.